The largest absolute Gasteiger partial charge is 0.384 e. The molecule has 0 radical (unpaired) electrons. The van der Waals surface area contributed by atoms with Crippen molar-refractivity contribution in [3.05, 3.63) is 53.9 Å². The summed E-state index contributed by atoms with van der Waals surface area (Å²) in [5.74, 6) is 0. The highest BCUT2D eigenvalue weighted by Crippen LogP contribution is 2.22. The summed E-state index contributed by atoms with van der Waals surface area (Å²) in [6, 6.07) is 1.80. The van der Waals surface area contributed by atoms with E-state index in [1.165, 1.54) is 6.33 Å². The van der Waals surface area contributed by atoms with Gasteiger partial charge in [-0.3, -0.25) is 4.98 Å². The monoisotopic (exact) mass is 201 g/mol. The summed E-state index contributed by atoms with van der Waals surface area (Å²) in [6.45, 7) is 1.91. The molecule has 0 aliphatic heterocycles. The zero-order valence-corrected chi connectivity index (χ0v) is 8.33. The minimum absolute atomic E-state index is 0.686. The molecule has 2 heterocycles. The molecule has 1 N–H and O–H groups in total. The van der Waals surface area contributed by atoms with Gasteiger partial charge in [-0.05, 0) is 24.1 Å². The summed E-state index contributed by atoms with van der Waals surface area (Å²) in [5, 5.41) is 10.1. The molecule has 0 aromatic carbocycles. The number of nitrogens with zero attached hydrogens (tertiary/aromatic N) is 3. The first-order valence-electron chi connectivity index (χ1n) is 4.62. The van der Waals surface area contributed by atoms with Crippen molar-refractivity contribution < 1.29 is 5.11 Å². The molecule has 4 heteroatoms. The van der Waals surface area contributed by atoms with Crippen LogP contribution in [-0.2, 0) is 0 Å². The number of hydrogen-bond donors (Lipinski definition) is 1. The third kappa shape index (κ3) is 1.99. The van der Waals surface area contributed by atoms with Gasteiger partial charge in [0.05, 0.1) is 0 Å². The van der Waals surface area contributed by atoms with Gasteiger partial charge in [0.15, 0.2) is 0 Å². The Hall–Kier alpha value is -1.81. The molecule has 0 bridgehead atoms. The molecule has 15 heavy (non-hydrogen) atoms. The third-order valence-electron chi connectivity index (χ3n) is 2.25. The van der Waals surface area contributed by atoms with Gasteiger partial charge in [0.25, 0.3) is 0 Å². The van der Waals surface area contributed by atoms with Gasteiger partial charge in [-0.1, -0.05) is 0 Å². The van der Waals surface area contributed by atoms with Crippen LogP contribution in [0.3, 0.4) is 0 Å². The van der Waals surface area contributed by atoms with E-state index in [1.807, 2.05) is 6.92 Å². The van der Waals surface area contributed by atoms with Crippen LogP contribution in [0.2, 0.25) is 0 Å². The van der Waals surface area contributed by atoms with E-state index in [1.54, 1.807) is 30.9 Å². The normalized spacial score (nSPS) is 12.4. The van der Waals surface area contributed by atoms with Crippen LogP contribution >= 0.6 is 0 Å². The van der Waals surface area contributed by atoms with Crippen molar-refractivity contribution in [3.63, 3.8) is 0 Å². The number of aliphatic hydroxyl groups excluding tert-OH is 1. The molecule has 1 unspecified atom stereocenters. The molecule has 0 aliphatic rings. The van der Waals surface area contributed by atoms with Gasteiger partial charge in [0.2, 0.25) is 0 Å². The third-order valence-corrected chi connectivity index (χ3v) is 2.25. The first kappa shape index (κ1) is 9.73. The Kier molecular flexibility index (Phi) is 2.69. The Morgan fingerprint density at radius 1 is 1.13 bits per heavy atom. The molecule has 1 atom stereocenters. The highest BCUT2D eigenvalue weighted by molar-refractivity contribution is 5.30. The van der Waals surface area contributed by atoms with Crippen LogP contribution in [0.1, 0.15) is 22.8 Å². The van der Waals surface area contributed by atoms with E-state index >= 15 is 0 Å². The minimum atomic E-state index is -0.686. The zero-order valence-electron chi connectivity index (χ0n) is 8.33. The van der Waals surface area contributed by atoms with E-state index in [0.717, 1.165) is 11.1 Å². The minimum Gasteiger partial charge on any atom is -0.384 e. The molecule has 4 nitrogen and oxygen atoms in total. The maximum absolute atomic E-state index is 10.1. The summed E-state index contributed by atoms with van der Waals surface area (Å²) < 4.78 is 0. The average Bonchev–Trinajstić information content (AvgIpc) is 2.30. The van der Waals surface area contributed by atoms with Crippen LogP contribution < -0.4 is 0 Å². The van der Waals surface area contributed by atoms with Crippen molar-refractivity contribution in [2.75, 3.05) is 0 Å². The second kappa shape index (κ2) is 4.14. The van der Waals surface area contributed by atoms with Crippen LogP contribution in [0.25, 0.3) is 0 Å². The molecule has 76 valence electrons. The summed E-state index contributed by atoms with van der Waals surface area (Å²) >= 11 is 0. The molecular weight excluding hydrogens is 190 g/mol. The highest BCUT2D eigenvalue weighted by atomic mass is 16.3. The average molecular weight is 201 g/mol. The number of rotatable bonds is 2. The zero-order chi connectivity index (χ0) is 10.7. The number of pyridine rings is 1. The summed E-state index contributed by atoms with van der Waals surface area (Å²) in [6.07, 6.45) is 7.36. The van der Waals surface area contributed by atoms with Gasteiger partial charge in [-0.15, -0.1) is 0 Å². The molecule has 0 aliphatic carbocycles. The van der Waals surface area contributed by atoms with Crippen LogP contribution in [-0.4, -0.2) is 20.1 Å². The smallest absolute Gasteiger partial charge is 0.115 e. The SMILES string of the molecule is Cc1cnccc1C(O)c1cncnc1. The lowest BCUT2D eigenvalue weighted by Gasteiger charge is -2.12. The predicted molar refractivity (Wildman–Crippen MR) is 55.1 cm³/mol. The van der Waals surface area contributed by atoms with Crippen LogP contribution in [0.15, 0.2) is 37.2 Å². The van der Waals surface area contributed by atoms with E-state index in [4.69, 9.17) is 0 Å². The standard InChI is InChI=1S/C11H11N3O/c1-8-4-12-3-2-10(8)11(15)9-5-13-7-14-6-9/h2-7,11,15H,1H3. The van der Waals surface area contributed by atoms with Gasteiger partial charge >= 0.3 is 0 Å². The lowest BCUT2D eigenvalue weighted by molar-refractivity contribution is 0.218. The summed E-state index contributed by atoms with van der Waals surface area (Å²) in [7, 11) is 0. The van der Waals surface area contributed by atoms with E-state index in [2.05, 4.69) is 15.0 Å². The molecule has 0 saturated heterocycles. The fraction of sp³-hybridized carbons (Fsp3) is 0.182. The summed E-state index contributed by atoms with van der Waals surface area (Å²) in [5.41, 5.74) is 2.47. The summed E-state index contributed by atoms with van der Waals surface area (Å²) in [4.78, 5) is 11.7. The maximum Gasteiger partial charge on any atom is 0.115 e. The van der Waals surface area contributed by atoms with E-state index in [9.17, 15) is 5.11 Å². The Labute approximate surface area is 87.7 Å². The molecule has 0 amide bonds. The van der Waals surface area contributed by atoms with Crippen molar-refractivity contribution in [2.24, 2.45) is 0 Å². The first-order valence-corrected chi connectivity index (χ1v) is 4.62. The molecular formula is C11H11N3O. The molecule has 0 saturated carbocycles. The molecule has 2 aromatic rings. The highest BCUT2D eigenvalue weighted by Gasteiger charge is 2.12. The second-order valence-corrected chi connectivity index (χ2v) is 3.31. The molecule has 2 rings (SSSR count). The van der Waals surface area contributed by atoms with Crippen LogP contribution in [0, 0.1) is 6.92 Å². The maximum atomic E-state index is 10.1. The molecule has 0 spiro atoms. The van der Waals surface area contributed by atoms with Crippen molar-refractivity contribution in [1.29, 1.82) is 0 Å². The van der Waals surface area contributed by atoms with E-state index in [0.29, 0.717) is 5.56 Å². The predicted octanol–water partition coefficient (Wildman–Crippen LogP) is 1.26. The van der Waals surface area contributed by atoms with Crippen molar-refractivity contribution in [1.82, 2.24) is 15.0 Å². The van der Waals surface area contributed by atoms with E-state index < -0.39 is 6.10 Å². The Morgan fingerprint density at radius 2 is 1.87 bits per heavy atom. The van der Waals surface area contributed by atoms with Crippen LogP contribution in [0.4, 0.5) is 0 Å². The lowest BCUT2D eigenvalue weighted by Crippen LogP contribution is -2.03. The van der Waals surface area contributed by atoms with Gasteiger partial charge in [-0.2, -0.15) is 0 Å². The van der Waals surface area contributed by atoms with Gasteiger partial charge in [0, 0.05) is 30.4 Å². The van der Waals surface area contributed by atoms with Crippen LogP contribution in [0.5, 0.6) is 0 Å². The van der Waals surface area contributed by atoms with Crippen molar-refractivity contribution >= 4 is 0 Å². The fourth-order valence-electron chi connectivity index (χ4n) is 1.42. The number of aromatic nitrogens is 3. The number of hydrogen-bond acceptors (Lipinski definition) is 4. The second-order valence-electron chi connectivity index (χ2n) is 3.31. The topological polar surface area (TPSA) is 58.9 Å². The van der Waals surface area contributed by atoms with Crippen molar-refractivity contribution in [2.45, 2.75) is 13.0 Å². The number of aryl methyl sites for hydroxylation is 1. The quantitative estimate of drug-likeness (QED) is 0.794. The van der Waals surface area contributed by atoms with E-state index in [-0.39, 0.29) is 0 Å². The molecule has 0 fully saturated rings. The van der Waals surface area contributed by atoms with Gasteiger partial charge < -0.3 is 5.11 Å². The Morgan fingerprint density at radius 3 is 2.53 bits per heavy atom. The van der Waals surface area contributed by atoms with Crippen molar-refractivity contribution in [3.8, 4) is 0 Å². The van der Waals surface area contributed by atoms with Gasteiger partial charge in [-0.25, -0.2) is 9.97 Å². The Balaban J connectivity index is 2.37. The van der Waals surface area contributed by atoms with Gasteiger partial charge in [0.1, 0.15) is 12.4 Å². The molecule has 2 aromatic heterocycles. The first-order chi connectivity index (χ1) is 7.29. The number of aliphatic hydroxyl groups is 1. The lowest BCUT2D eigenvalue weighted by atomic mass is 10.0. The fourth-order valence-corrected chi connectivity index (χ4v) is 1.42. The Bertz CT molecular complexity index is 445.